The van der Waals surface area contributed by atoms with Crippen molar-refractivity contribution in [2.24, 2.45) is 0 Å². The molecule has 1 fully saturated rings. The zero-order valence-electron chi connectivity index (χ0n) is 14.8. The molecule has 0 spiro atoms. The maximum Gasteiger partial charge on any atom is 0.293 e. The number of benzene rings is 2. The molecule has 0 radical (unpaired) electrons. The van der Waals surface area contributed by atoms with Crippen LogP contribution in [0.25, 0.3) is 6.08 Å². The number of carbonyl (C=O) groups is 2. The van der Waals surface area contributed by atoms with E-state index in [0.717, 1.165) is 16.7 Å². The van der Waals surface area contributed by atoms with E-state index in [-0.39, 0.29) is 17.7 Å². The minimum atomic E-state index is -0.382. The minimum absolute atomic E-state index is 0.0770. The van der Waals surface area contributed by atoms with Gasteiger partial charge in [-0.3, -0.25) is 14.5 Å². The second-order valence-corrected chi connectivity index (χ2v) is 8.43. The summed E-state index contributed by atoms with van der Waals surface area (Å²) in [6.07, 6.45) is 1.64. The Bertz CT molecular complexity index is 996. The van der Waals surface area contributed by atoms with Crippen LogP contribution < -0.4 is 9.47 Å². The summed E-state index contributed by atoms with van der Waals surface area (Å²) in [4.78, 5) is 26.6. The van der Waals surface area contributed by atoms with Crippen LogP contribution in [0.3, 0.4) is 0 Å². The Morgan fingerprint density at radius 3 is 2.54 bits per heavy atom. The number of amides is 2. The highest BCUT2D eigenvalue weighted by Gasteiger charge is 2.35. The Balaban J connectivity index is 1.88. The SMILES string of the molecule is COc1cc(/C=C2\SC(=O)N(Cc3ccc(Cl)cc3Cl)C2=O)cc(Br)c1OC. The van der Waals surface area contributed by atoms with Crippen molar-refractivity contribution in [2.75, 3.05) is 14.2 Å². The number of imide groups is 1. The van der Waals surface area contributed by atoms with Crippen LogP contribution in [0.15, 0.2) is 39.7 Å². The van der Waals surface area contributed by atoms with Crippen molar-refractivity contribution in [3.8, 4) is 11.5 Å². The van der Waals surface area contributed by atoms with Crippen LogP contribution in [0.5, 0.6) is 11.5 Å². The second kappa shape index (κ2) is 8.78. The van der Waals surface area contributed by atoms with Gasteiger partial charge in [-0.2, -0.15) is 0 Å². The van der Waals surface area contributed by atoms with Crippen LogP contribution in [0.2, 0.25) is 10.0 Å². The summed E-state index contributed by atoms with van der Waals surface area (Å²) in [5, 5.41) is 0.531. The number of ether oxygens (including phenoxy) is 2. The van der Waals surface area contributed by atoms with Gasteiger partial charge in [0, 0.05) is 10.0 Å². The van der Waals surface area contributed by atoms with Gasteiger partial charge in [-0.05, 0) is 69.2 Å². The molecule has 0 unspecified atom stereocenters. The quantitative estimate of drug-likeness (QED) is 0.468. The van der Waals surface area contributed by atoms with Crippen molar-refractivity contribution in [2.45, 2.75) is 6.54 Å². The first kappa shape index (κ1) is 21.0. The fourth-order valence-electron chi connectivity index (χ4n) is 2.63. The molecule has 0 atom stereocenters. The summed E-state index contributed by atoms with van der Waals surface area (Å²) >= 11 is 16.4. The summed E-state index contributed by atoms with van der Waals surface area (Å²) in [6, 6.07) is 8.45. The normalized spacial score (nSPS) is 15.5. The Kier molecular flexibility index (Phi) is 6.60. The molecule has 2 amide bonds. The molecule has 0 saturated carbocycles. The van der Waals surface area contributed by atoms with E-state index in [1.54, 1.807) is 36.4 Å². The predicted molar refractivity (Wildman–Crippen MR) is 115 cm³/mol. The molecule has 1 aliphatic rings. The minimum Gasteiger partial charge on any atom is -0.493 e. The molecule has 0 aromatic heterocycles. The predicted octanol–water partition coefficient (Wildman–Crippen LogP) is 6.01. The van der Waals surface area contributed by atoms with E-state index >= 15 is 0 Å². The van der Waals surface area contributed by atoms with Crippen molar-refractivity contribution >= 4 is 68.1 Å². The number of thioether (sulfide) groups is 1. The summed E-state index contributed by atoms with van der Waals surface area (Å²) in [6.45, 7) is 0.0770. The van der Waals surface area contributed by atoms with Crippen molar-refractivity contribution in [1.82, 2.24) is 4.90 Å². The van der Waals surface area contributed by atoms with Gasteiger partial charge in [0.15, 0.2) is 11.5 Å². The maximum absolute atomic E-state index is 12.7. The van der Waals surface area contributed by atoms with Gasteiger partial charge in [-0.15, -0.1) is 0 Å². The lowest BCUT2D eigenvalue weighted by Crippen LogP contribution is -2.27. The van der Waals surface area contributed by atoms with Crippen LogP contribution in [-0.4, -0.2) is 30.3 Å². The average molecular weight is 503 g/mol. The smallest absolute Gasteiger partial charge is 0.293 e. The zero-order chi connectivity index (χ0) is 20.4. The number of hydrogen-bond acceptors (Lipinski definition) is 5. The number of hydrogen-bond donors (Lipinski definition) is 0. The third-order valence-electron chi connectivity index (χ3n) is 3.97. The van der Waals surface area contributed by atoms with Crippen molar-refractivity contribution < 1.29 is 19.1 Å². The fraction of sp³-hybridized carbons (Fsp3) is 0.158. The molecule has 3 rings (SSSR count). The van der Waals surface area contributed by atoms with E-state index in [9.17, 15) is 9.59 Å². The third-order valence-corrected chi connectivity index (χ3v) is 6.05. The molecule has 5 nitrogen and oxygen atoms in total. The van der Waals surface area contributed by atoms with Crippen molar-refractivity contribution in [3.05, 3.63) is 60.9 Å². The molecule has 0 N–H and O–H groups in total. The van der Waals surface area contributed by atoms with Crippen LogP contribution in [0.4, 0.5) is 4.79 Å². The first-order chi connectivity index (χ1) is 13.3. The molecule has 1 saturated heterocycles. The summed E-state index contributed by atoms with van der Waals surface area (Å²) in [7, 11) is 3.06. The van der Waals surface area contributed by atoms with E-state index in [2.05, 4.69) is 15.9 Å². The molecular formula is C19H14BrCl2NO4S. The summed E-state index contributed by atoms with van der Waals surface area (Å²) < 4.78 is 11.3. The molecule has 1 aliphatic heterocycles. The van der Waals surface area contributed by atoms with Gasteiger partial charge in [0.2, 0.25) is 0 Å². The molecule has 0 bridgehead atoms. The lowest BCUT2D eigenvalue weighted by atomic mass is 10.1. The average Bonchev–Trinajstić information content (AvgIpc) is 2.90. The number of halogens is 3. The molecule has 0 aliphatic carbocycles. The van der Waals surface area contributed by atoms with Gasteiger partial charge < -0.3 is 9.47 Å². The van der Waals surface area contributed by atoms with Crippen LogP contribution in [0.1, 0.15) is 11.1 Å². The van der Waals surface area contributed by atoms with Crippen LogP contribution >= 0.6 is 50.9 Å². The van der Waals surface area contributed by atoms with Gasteiger partial charge in [0.1, 0.15) is 0 Å². The van der Waals surface area contributed by atoms with E-state index in [1.165, 1.54) is 14.2 Å². The Morgan fingerprint density at radius 2 is 1.89 bits per heavy atom. The largest absolute Gasteiger partial charge is 0.493 e. The van der Waals surface area contributed by atoms with Gasteiger partial charge in [-0.25, -0.2) is 0 Å². The van der Waals surface area contributed by atoms with Gasteiger partial charge in [-0.1, -0.05) is 29.3 Å². The zero-order valence-corrected chi connectivity index (χ0v) is 18.7. The lowest BCUT2D eigenvalue weighted by molar-refractivity contribution is -0.123. The van der Waals surface area contributed by atoms with Crippen molar-refractivity contribution in [3.63, 3.8) is 0 Å². The Morgan fingerprint density at radius 1 is 1.14 bits per heavy atom. The first-order valence-electron chi connectivity index (χ1n) is 7.95. The monoisotopic (exact) mass is 501 g/mol. The molecule has 2 aromatic carbocycles. The Hall–Kier alpha value is -1.67. The van der Waals surface area contributed by atoms with Gasteiger partial charge in [0.25, 0.3) is 11.1 Å². The van der Waals surface area contributed by atoms with E-state index in [4.69, 9.17) is 32.7 Å². The topological polar surface area (TPSA) is 55.8 Å². The highest BCUT2D eigenvalue weighted by Crippen LogP contribution is 2.39. The first-order valence-corrected chi connectivity index (χ1v) is 10.3. The molecular weight excluding hydrogens is 489 g/mol. The molecule has 146 valence electrons. The number of rotatable bonds is 5. The maximum atomic E-state index is 12.7. The summed E-state index contributed by atoms with van der Waals surface area (Å²) in [5.74, 6) is 0.673. The third kappa shape index (κ3) is 4.33. The Labute approximate surface area is 184 Å². The van der Waals surface area contributed by atoms with Crippen LogP contribution in [-0.2, 0) is 11.3 Å². The molecule has 28 heavy (non-hydrogen) atoms. The summed E-state index contributed by atoms with van der Waals surface area (Å²) in [5.41, 5.74) is 1.34. The van der Waals surface area contributed by atoms with Gasteiger partial charge >= 0.3 is 0 Å². The molecule has 9 heteroatoms. The second-order valence-electron chi connectivity index (χ2n) is 5.74. The lowest BCUT2D eigenvalue weighted by Gasteiger charge is -2.13. The molecule has 1 heterocycles. The van der Waals surface area contributed by atoms with E-state index in [1.807, 2.05) is 0 Å². The number of nitrogens with zero attached hydrogens (tertiary/aromatic N) is 1. The van der Waals surface area contributed by atoms with Crippen LogP contribution in [0, 0.1) is 0 Å². The fourth-order valence-corrected chi connectivity index (χ4v) is 4.56. The highest BCUT2D eigenvalue weighted by molar-refractivity contribution is 9.10. The number of carbonyl (C=O) groups excluding carboxylic acids is 2. The standard InChI is InChI=1S/C19H14BrCl2NO4S/c1-26-15-6-10(5-13(20)17(15)27-2)7-16-18(24)23(19(25)28-16)9-11-3-4-12(21)8-14(11)22/h3-8H,9H2,1-2H3/b16-7-. The highest BCUT2D eigenvalue weighted by atomic mass is 79.9. The van der Waals surface area contributed by atoms with E-state index < -0.39 is 0 Å². The number of methoxy groups -OCH3 is 2. The van der Waals surface area contributed by atoms with Gasteiger partial charge in [0.05, 0.1) is 30.1 Å². The molecule has 2 aromatic rings. The van der Waals surface area contributed by atoms with E-state index in [0.29, 0.717) is 42.0 Å². The van der Waals surface area contributed by atoms with Crippen molar-refractivity contribution in [1.29, 1.82) is 0 Å².